The quantitative estimate of drug-likeness (QED) is 0.795. The number of anilines is 1. The van der Waals surface area contributed by atoms with Crippen LogP contribution in [0.4, 0.5) is 5.69 Å². The number of nitrogens with one attached hydrogen (secondary N) is 1. The largest absolute Gasteiger partial charge is 0.493 e. The molecule has 0 atom stereocenters. The van der Waals surface area contributed by atoms with E-state index in [2.05, 4.69) is 5.32 Å². The highest BCUT2D eigenvalue weighted by atomic mass is 16.5. The Balaban J connectivity index is 1.98. The van der Waals surface area contributed by atoms with Gasteiger partial charge in [0.2, 0.25) is 0 Å². The van der Waals surface area contributed by atoms with Crippen molar-refractivity contribution in [1.29, 1.82) is 0 Å². The van der Waals surface area contributed by atoms with Crippen molar-refractivity contribution in [2.45, 2.75) is 0 Å². The molecule has 0 aliphatic heterocycles. The number of carbonyl (C=O) groups is 2. The smallest absolute Gasteiger partial charge is 0.262 e. The zero-order valence-electron chi connectivity index (χ0n) is 12.9. The Morgan fingerprint density at radius 2 is 1.78 bits per heavy atom. The van der Waals surface area contributed by atoms with E-state index in [9.17, 15) is 9.59 Å². The Kier molecular flexibility index (Phi) is 5.57. The lowest BCUT2D eigenvalue weighted by molar-refractivity contribution is -0.118. The first-order valence-corrected chi connectivity index (χ1v) is 6.86. The zero-order valence-corrected chi connectivity index (χ0v) is 12.9. The number of hydrogen-bond acceptors (Lipinski definition) is 5. The molecule has 0 unspecified atom stereocenters. The molecule has 0 radical (unpaired) electrons. The number of ether oxygens (including phenoxy) is 3. The first-order chi connectivity index (χ1) is 11.2. The van der Waals surface area contributed by atoms with Crippen LogP contribution in [-0.4, -0.2) is 33.0 Å². The molecule has 6 nitrogen and oxygen atoms in total. The summed E-state index contributed by atoms with van der Waals surface area (Å²) in [6.07, 6.45) is 0.682. The van der Waals surface area contributed by atoms with E-state index in [0.29, 0.717) is 34.8 Å². The van der Waals surface area contributed by atoms with Gasteiger partial charge in [0.05, 0.1) is 19.8 Å². The second-order valence-electron chi connectivity index (χ2n) is 4.56. The van der Waals surface area contributed by atoms with Crippen LogP contribution >= 0.6 is 0 Å². The normalized spacial score (nSPS) is 9.83. The van der Waals surface area contributed by atoms with E-state index in [0.717, 1.165) is 0 Å². The molecule has 0 saturated carbocycles. The van der Waals surface area contributed by atoms with Crippen LogP contribution in [0.2, 0.25) is 0 Å². The molecular weight excluding hydrogens is 298 g/mol. The van der Waals surface area contributed by atoms with E-state index in [1.807, 2.05) is 0 Å². The molecular formula is C17H17NO5. The van der Waals surface area contributed by atoms with Crippen molar-refractivity contribution < 1.29 is 23.8 Å². The molecule has 2 aromatic rings. The Morgan fingerprint density at radius 3 is 2.48 bits per heavy atom. The molecule has 2 aromatic carbocycles. The van der Waals surface area contributed by atoms with Gasteiger partial charge in [0.25, 0.3) is 5.91 Å². The fourth-order valence-corrected chi connectivity index (χ4v) is 1.96. The monoisotopic (exact) mass is 315 g/mol. The third-order valence-corrected chi connectivity index (χ3v) is 3.07. The summed E-state index contributed by atoms with van der Waals surface area (Å²) in [6, 6.07) is 11.7. The lowest BCUT2D eigenvalue weighted by Crippen LogP contribution is -2.20. The molecule has 120 valence electrons. The van der Waals surface area contributed by atoms with Gasteiger partial charge in [-0.15, -0.1) is 0 Å². The van der Waals surface area contributed by atoms with E-state index < -0.39 is 0 Å². The van der Waals surface area contributed by atoms with Crippen molar-refractivity contribution in [3.63, 3.8) is 0 Å². The maximum atomic E-state index is 11.9. The van der Waals surface area contributed by atoms with Gasteiger partial charge < -0.3 is 19.5 Å². The first kappa shape index (κ1) is 16.4. The summed E-state index contributed by atoms with van der Waals surface area (Å²) in [5, 5.41) is 2.69. The van der Waals surface area contributed by atoms with Crippen LogP contribution in [0.5, 0.6) is 17.2 Å². The SMILES string of the molecule is COc1ccc(NC(=O)COc2ccccc2C=O)cc1OC. The third-order valence-electron chi connectivity index (χ3n) is 3.07. The second kappa shape index (κ2) is 7.84. The van der Waals surface area contributed by atoms with Gasteiger partial charge in [-0.2, -0.15) is 0 Å². The van der Waals surface area contributed by atoms with Crippen LogP contribution in [0.15, 0.2) is 42.5 Å². The minimum absolute atomic E-state index is 0.209. The maximum absolute atomic E-state index is 11.9. The van der Waals surface area contributed by atoms with Gasteiger partial charge in [-0.05, 0) is 24.3 Å². The average molecular weight is 315 g/mol. The molecule has 6 heteroatoms. The topological polar surface area (TPSA) is 73.9 Å². The van der Waals surface area contributed by atoms with Crippen LogP contribution in [0, 0.1) is 0 Å². The number of hydrogen-bond donors (Lipinski definition) is 1. The number of para-hydroxylation sites is 1. The second-order valence-corrected chi connectivity index (χ2v) is 4.56. The van der Waals surface area contributed by atoms with Gasteiger partial charge in [-0.1, -0.05) is 12.1 Å². The molecule has 0 saturated heterocycles. The lowest BCUT2D eigenvalue weighted by atomic mass is 10.2. The molecule has 2 rings (SSSR count). The highest BCUT2D eigenvalue weighted by Crippen LogP contribution is 2.29. The third kappa shape index (κ3) is 4.23. The van der Waals surface area contributed by atoms with E-state index in [4.69, 9.17) is 14.2 Å². The summed E-state index contributed by atoms with van der Waals surface area (Å²) in [6.45, 7) is -0.209. The lowest BCUT2D eigenvalue weighted by Gasteiger charge is -2.11. The van der Waals surface area contributed by atoms with Crippen LogP contribution in [0.1, 0.15) is 10.4 Å². The number of rotatable bonds is 7. The Labute approximate surface area is 134 Å². The van der Waals surface area contributed by atoms with Crippen molar-refractivity contribution in [2.75, 3.05) is 26.1 Å². The Morgan fingerprint density at radius 1 is 1.04 bits per heavy atom. The molecule has 0 fully saturated rings. The van der Waals surface area contributed by atoms with Gasteiger partial charge in [0, 0.05) is 11.8 Å². The molecule has 0 aliphatic rings. The summed E-state index contributed by atoms with van der Waals surface area (Å²) >= 11 is 0. The number of benzene rings is 2. The number of carbonyl (C=O) groups excluding carboxylic acids is 2. The van der Waals surface area contributed by atoms with Gasteiger partial charge in [0.1, 0.15) is 5.75 Å². The molecule has 0 aromatic heterocycles. The minimum Gasteiger partial charge on any atom is -0.493 e. The molecule has 0 spiro atoms. The summed E-state index contributed by atoms with van der Waals surface area (Å²) in [4.78, 5) is 22.8. The molecule has 0 aliphatic carbocycles. The summed E-state index contributed by atoms with van der Waals surface area (Å²) in [5.41, 5.74) is 0.950. The predicted octanol–water partition coefficient (Wildman–Crippen LogP) is 2.53. The van der Waals surface area contributed by atoms with E-state index in [1.165, 1.54) is 14.2 Å². The summed E-state index contributed by atoms with van der Waals surface area (Å²) < 4.78 is 15.7. The van der Waals surface area contributed by atoms with E-state index in [1.54, 1.807) is 42.5 Å². The predicted molar refractivity (Wildman–Crippen MR) is 85.5 cm³/mol. The van der Waals surface area contributed by atoms with Gasteiger partial charge in [0.15, 0.2) is 24.4 Å². The molecule has 1 amide bonds. The highest BCUT2D eigenvalue weighted by molar-refractivity contribution is 5.92. The number of aldehydes is 1. The fourth-order valence-electron chi connectivity index (χ4n) is 1.96. The minimum atomic E-state index is -0.349. The van der Waals surface area contributed by atoms with Crippen LogP contribution in [0.25, 0.3) is 0 Å². The Bertz CT molecular complexity index is 699. The van der Waals surface area contributed by atoms with Gasteiger partial charge in [-0.3, -0.25) is 9.59 Å². The number of methoxy groups -OCH3 is 2. The van der Waals surface area contributed by atoms with Crippen molar-refractivity contribution in [3.8, 4) is 17.2 Å². The summed E-state index contributed by atoms with van der Waals surface area (Å²) in [7, 11) is 3.05. The highest BCUT2D eigenvalue weighted by Gasteiger charge is 2.09. The Hall–Kier alpha value is -3.02. The standard InChI is InChI=1S/C17H17NO5/c1-21-15-8-7-13(9-16(15)22-2)18-17(20)11-23-14-6-4-3-5-12(14)10-19/h3-10H,11H2,1-2H3,(H,18,20). The van der Waals surface area contributed by atoms with E-state index in [-0.39, 0.29) is 12.5 Å². The van der Waals surface area contributed by atoms with Gasteiger partial charge >= 0.3 is 0 Å². The van der Waals surface area contributed by atoms with Crippen molar-refractivity contribution in [2.24, 2.45) is 0 Å². The van der Waals surface area contributed by atoms with Crippen molar-refractivity contribution in [3.05, 3.63) is 48.0 Å². The average Bonchev–Trinajstić information content (AvgIpc) is 2.60. The maximum Gasteiger partial charge on any atom is 0.262 e. The molecule has 0 heterocycles. The fraction of sp³-hybridized carbons (Fsp3) is 0.176. The zero-order chi connectivity index (χ0) is 16.7. The van der Waals surface area contributed by atoms with E-state index >= 15 is 0 Å². The molecule has 0 bridgehead atoms. The van der Waals surface area contributed by atoms with Crippen molar-refractivity contribution in [1.82, 2.24) is 0 Å². The van der Waals surface area contributed by atoms with Crippen molar-refractivity contribution >= 4 is 17.9 Å². The van der Waals surface area contributed by atoms with Crippen LogP contribution < -0.4 is 19.5 Å². The number of amides is 1. The first-order valence-electron chi connectivity index (χ1n) is 6.86. The molecule has 23 heavy (non-hydrogen) atoms. The summed E-state index contributed by atoms with van der Waals surface area (Å²) in [5.74, 6) is 1.10. The van der Waals surface area contributed by atoms with Crippen LogP contribution in [-0.2, 0) is 4.79 Å². The van der Waals surface area contributed by atoms with Crippen LogP contribution in [0.3, 0.4) is 0 Å². The van der Waals surface area contributed by atoms with Gasteiger partial charge in [-0.25, -0.2) is 0 Å². The molecule has 1 N–H and O–H groups in total.